The van der Waals surface area contributed by atoms with Crippen LogP contribution >= 0.6 is 11.3 Å². The minimum atomic E-state index is -4.81. The Hall–Kier alpha value is -2.41. The molecule has 1 N–H and O–H groups in total. The van der Waals surface area contributed by atoms with Crippen LogP contribution in [-0.4, -0.2) is 71.1 Å². The molecule has 9 nitrogen and oxygen atoms in total. The molecule has 15 heteroatoms. The highest BCUT2D eigenvalue weighted by Gasteiger charge is 2.40. The second-order valence-corrected chi connectivity index (χ2v) is 11.3. The van der Waals surface area contributed by atoms with E-state index in [-0.39, 0.29) is 42.5 Å². The first-order chi connectivity index (χ1) is 15.9. The van der Waals surface area contributed by atoms with Gasteiger partial charge in [0.1, 0.15) is 10.7 Å². The molecule has 2 fully saturated rings. The number of halogens is 4. The van der Waals surface area contributed by atoms with Crippen molar-refractivity contribution in [2.24, 2.45) is 5.92 Å². The smallest absolute Gasteiger partial charge is 0.351 e. The van der Waals surface area contributed by atoms with E-state index in [1.165, 1.54) is 4.31 Å². The molecule has 0 saturated carbocycles. The van der Waals surface area contributed by atoms with Crippen molar-refractivity contribution in [2.75, 3.05) is 37.8 Å². The van der Waals surface area contributed by atoms with Gasteiger partial charge in [0, 0.05) is 32.2 Å². The summed E-state index contributed by atoms with van der Waals surface area (Å²) in [6, 6.07) is 1.88. The largest absolute Gasteiger partial charge is 0.434 e. The number of nitrogens with zero attached hydrogens (tertiary/aromatic N) is 6. The molecule has 34 heavy (non-hydrogen) atoms. The Kier molecular flexibility index (Phi) is 6.78. The quantitative estimate of drug-likeness (QED) is 0.579. The lowest BCUT2D eigenvalue weighted by atomic mass is 10.0. The van der Waals surface area contributed by atoms with Gasteiger partial charge in [-0.25, -0.2) is 32.1 Å². The highest BCUT2D eigenvalue weighted by Crippen LogP contribution is 2.41. The summed E-state index contributed by atoms with van der Waals surface area (Å²) in [7, 11) is -3.30. The van der Waals surface area contributed by atoms with E-state index in [1.807, 2.05) is 0 Å². The van der Waals surface area contributed by atoms with Crippen LogP contribution in [0.25, 0.3) is 10.6 Å². The van der Waals surface area contributed by atoms with Crippen LogP contribution in [0.15, 0.2) is 6.20 Å². The number of thiazole rings is 1. The molecule has 2 aromatic rings. The van der Waals surface area contributed by atoms with Crippen LogP contribution in [0.4, 0.5) is 23.5 Å². The summed E-state index contributed by atoms with van der Waals surface area (Å²) in [4.78, 5) is 12.9. The molecule has 2 saturated heterocycles. The van der Waals surface area contributed by atoms with Crippen molar-refractivity contribution in [3.8, 4) is 16.6 Å². The maximum atomic E-state index is 14.6. The van der Waals surface area contributed by atoms with Crippen molar-refractivity contribution >= 4 is 27.3 Å². The predicted octanol–water partition coefficient (Wildman–Crippen LogP) is 2.55. The molecule has 0 atom stereocenters. The van der Waals surface area contributed by atoms with Crippen LogP contribution in [-0.2, 0) is 22.7 Å². The number of aromatic nitrogens is 3. The van der Waals surface area contributed by atoms with Crippen LogP contribution in [0.2, 0.25) is 0 Å². The molecular formula is C19H21F4N7O2S2. The summed E-state index contributed by atoms with van der Waals surface area (Å²) < 4.78 is 80.3. The van der Waals surface area contributed by atoms with E-state index >= 15 is 0 Å². The summed E-state index contributed by atoms with van der Waals surface area (Å²) in [5.74, 6) is -1.21. The Balaban J connectivity index is 1.54. The fraction of sp³-hybridized carbons (Fsp3) is 0.579. The first-order valence-corrected chi connectivity index (χ1v) is 13.0. The number of rotatable bonds is 6. The van der Waals surface area contributed by atoms with Gasteiger partial charge in [0.15, 0.2) is 11.5 Å². The monoisotopic (exact) mass is 519 g/mol. The Morgan fingerprint density at radius 2 is 1.94 bits per heavy atom. The van der Waals surface area contributed by atoms with Crippen LogP contribution in [0.1, 0.15) is 23.5 Å². The van der Waals surface area contributed by atoms with Gasteiger partial charge in [-0.1, -0.05) is 0 Å². The van der Waals surface area contributed by atoms with Crippen molar-refractivity contribution in [1.29, 1.82) is 5.26 Å². The summed E-state index contributed by atoms with van der Waals surface area (Å²) in [6.07, 6.45) is -1.98. The Morgan fingerprint density at radius 3 is 2.53 bits per heavy atom. The first kappa shape index (κ1) is 24.7. The van der Waals surface area contributed by atoms with Gasteiger partial charge in [0.25, 0.3) is 0 Å². The fourth-order valence-corrected chi connectivity index (χ4v) is 5.86. The lowest BCUT2D eigenvalue weighted by Crippen LogP contribution is -2.45. The SMILES string of the molecule is CS(=O)(=O)N1CCC(Nc2ncc(F)c(-c3sc(CN4CC(C#N)C4)nc3C(F)(F)F)n2)CC1. The summed E-state index contributed by atoms with van der Waals surface area (Å²) in [6.45, 7) is 1.58. The van der Waals surface area contributed by atoms with Crippen LogP contribution < -0.4 is 5.32 Å². The maximum Gasteiger partial charge on any atom is 0.434 e. The number of anilines is 1. The van der Waals surface area contributed by atoms with E-state index in [0.29, 0.717) is 37.3 Å². The number of piperidine rings is 1. The zero-order valence-electron chi connectivity index (χ0n) is 18.0. The van der Waals surface area contributed by atoms with Crippen molar-refractivity contribution in [1.82, 2.24) is 24.2 Å². The number of nitrogens with one attached hydrogen (secondary N) is 1. The molecule has 184 valence electrons. The molecule has 0 radical (unpaired) electrons. The Morgan fingerprint density at radius 1 is 1.26 bits per heavy atom. The lowest BCUT2D eigenvalue weighted by Gasteiger charge is -2.34. The molecule has 0 aliphatic carbocycles. The molecule has 0 spiro atoms. The average Bonchev–Trinajstić information content (AvgIpc) is 3.16. The second kappa shape index (κ2) is 9.33. The number of hydrogen-bond acceptors (Lipinski definition) is 9. The number of nitriles is 1. The fourth-order valence-electron chi connectivity index (χ4n) is 3.87. The Bertz CT molecular complexity index is 1200. The summed E-state index contributed by atoms with van der Waals surface area (Å²) in [5.41, 5.74) is -1.71. The molecular weight excluding hydrogens is 498 g/mol. The highest BCUT2D eigenvalue weighted by atomic mass is 32.2. The highest BCUT2D eigenvalue weighted by molar-refractivity contribution is 7.88. The molecule has 0 bridgehead atoms. The number of hydrogen-bond donors (Lipinski definition) is 1. The molecule has 2 aliphatic heterocycles. The van der Waals surface area contributed by atoms with Gasteiger partial charge < -0.3 is 5.32 Å². The van der Waals surface area contributed by atoms with Gasteiger partial charge in [-0.3, -0.25) is 4.90 Å². The van der Waals surface area contributed by atoms with Gasteiger partial charge in [0.05, 0.1) is 35.9 Å². The zero-order valence-corrected chi connectivity index (χ0v) is 19.6. The molecule has 0 unspecified atom stereocenters. The van der Waals surface area contributed by atoms with Gasteiger partial charge in [-0.15, -0.1) is 11.3 Å². The van der Waals surface area contributed by atoms with E-state index in [0.717, 1.165) is 12.5 Å². The average molecular weight is 520 g/mol. The number of sulfonamides is 1. The van der Waals surface area contributed by atoms with Gasteiger partial charge in [-0.05, 0) is 12.8 Å². The molecule has 0 aromatic carbocycles. The predicted molar refractivity (Wildman–Crippen MR) is 116 cm³/mol. The van der Waals surface area contributed by atoms with E-state index in [9.17, 15) is 26.0 Å². The van der Waals surface area contributed by atoms with E-state index in [2.05, 4.69) is 26.3 Å². The van der Waals surface area contributed by atoms with E-state index in [4.69, 9.17) is 5.26 Å². The third kappa shape index (κ3) is 5.45. The van der Waals surface area contributed by atoms with Crippen LogP contribution in [0, 0.1) is 23.1 Å². The topological polar surface area (TPSA) is 115 Å². The molecule has 4 rings (SSSR count). The minimum Gasteiger partial charge on any atom is -0.351 e. The summed E-state index contributed by atoms with van der Waals surface area (Å²) >= 11 is 0.711. The van der Waals surface area contributed by atoms with Gasteiger partial charge >= 0.3 is 6.18 Å². The van der Waals surface area contributed by atoms with Crippen molar-refractivity contribution < 1.29 is 26.0 Å². The van der Waals surface area contributed by atoms with Crippen molar-refractivity contribution in [2.45, 2.75) is 31.6 Å². The van der Waals surface area contributed by atoms with Crippen LogP contribution in [0.5, 0.6) is 0 Å². The van der Waals surface area contributed by atoms with Crippen LogP contribution in [0.3, 0.4) is 0 Å². The van der Waals surface area contributed by atoms with Gasteiger partial charge in [0.2, 0.25) is 16.0 Å². The molecule has 4 heterocycles. The van der Waals surface area contributed by atoms with Crippen molar-refractivity contribution in [3.63, 3.8) is 0 Å². The standard InChI is InChI=1S/C19H21F4N7O2S2/c1-34(31,32)30-4-2-12(3-5-30)26-18-25-7-13(20)15(28-18)16-17(19(21,22)23)27-14(33-16)10-29-8-11(6-24)9-29/h7,11-12H,2-5,8-10H2,1H3,(H,25,26,28). The van der Waals surface area contributed by atoms with Crippen molar-refractivity contribution in [3.05, 3.63) is 22.7 Å². The van der Waals surface area contributed by atoms with Gasteiger partial charge in [-0.2, -0.15) is 18.4 Å². The molecule has 0 amide bonds. The van der Waals surface area contributed by atoms with E-state index < -0.39 is 38.3 Å². The normalized spacial score (nSPS) is 19.1. The first-order valence-electron chi connectivity index (χ1n) is 10.4. The maximum absolute atomic E-state index is 14.6. The minimum absolute atomic E-state index is 0.0446. The third-order valence-electron chi connectivity index (χ3n) is 5.65. The molecule has 2 aromatic heterocycles. The third-order valence-corrected chi connectivity index (χ3v) is 8.00. The number of likely N-dealkylation sites (tertiary alicyclic amines) is 1. The summed E-state index contributed by atoms with van der Waals surface area (Å²) in [5, 5.41) is 12.0. The lowest BCUT2D eigenvalue weighted by molar-refractivity contribution is -0.140. The second-order valence-electron chi connectivity index (χ2n) is 8.27. The zero-order chi connectivity index (χ0) is 24.7. The Labute approximate surface area is 197 Å². The van der Waals surface area contributed by atoms with E-state index in [1.54, 1.807) is 4.90 Å². The number of alkyl halides is 3. The molecule has 2 aliphatic rings.